The van der Waals surface area contributed by atoms with Crippen LogP contribution in [0.2, 0.25) is 0 Å². The Bertz CT molecular complexity index is 310. The molecular weight excluding hydrogens is 186 g/mol. The fourth-order valence-corrected chi connectivity index (χ4v) is 2.44. The molecule has 1 fully saturated rings. The van der Waals surface area contributed by atoms with E-state index in [1.165, 1.54) is 31.2 Å². The minimum Gasteiger partial charge on any atom is -0.508 e. The van der Waals surface area contributed by atoms with Gasteiger partial charge in [0.05, 0.1) is 0 Å². The quantitative estimate of drug-likeness (QED) is 0.692. The maximum atomic E-state index is 9.25. The monoisotopic (exact) mass is 205 g/mol. The maximum absolute atomic E-state index is 9.25. The molecule has 1 aromatic rings. The van der Waals surface area contributed by atoms with Crippen molar-refractivity contribution in [2.75, 3.05) is 0 Å². The molecular formula is C13H19NO. The second kappa shape index (κ2) is 4.23. The first-order chi connectivity index (χ1) is 7.21. The van der Waals surface area contributed by atoms with E-state index in [9.17, 15) is 5.11 Å². The van der Waals surface area contributed by atoms with Gasteiger partial charge in [-0.2, -0.15) is 0 Å². The Morgan fingerprint density at radius 2 is 1.47 bits per heavy atom. The molecule has 0 atom stereocenters. The number of nitrogens with two attached hydrogens (primary N) is 1. The third-order valence-corrected chi connectivity index (χ3v) is 3.44. The molecule has 2 rings (SSSR count). The van der Waals surface area contributed by atoms with Gasteiger partial charge < -0.3 is 10.8 Å². The second-order valence-electron chi connectivity index (χ2n) is 4.62. The van der Waals surface area contributed by atoms with Gasteiger partial charge in [-0.1, -0.05) is 37.8 Å². The molecule has 0 aromatic heterocycles. The lowest BCUT2D eigenvalue weighted by atomic mass is 9.84. The number of hydrogen-bond acceptors (Lipinski definition) is 2. The average Bonchev–Trinajstić information content (AvgIpc) is 2.45. The fourth-order valence-electron chi connectivity index (χ4n) is 2.44. The van der Waals surface area contributed by atoms with Gasteiger partial charge in [0.1, 0.15) is 5.75 Å². The van der Waals surface area contributed by atoms with Crippen molar-refractivity contribution in [1.29, 1.82) is 0 Å². The van der Waals surface area contributed by atoms with Crippen molar-refractivity contribution in [3.63, 3.8) is 0 Å². The van der Waals surface area contributed by atoms with E-state index in [4.69, 9.17) is 5.73 Å². The van der Waals surface area contributed by atoms with Crippen LogP contribution in [0.3, 0.4) is 0 Å². The van der Waals surface area contributed by atoms with Gasteiger partial charge in [0, 0.05) is 5.54 Å². The number of hydrogen-bond donors (Lipinski definition) is 2. The van der Waals surface area contributed by atoms with Crippen LogP contribution < -0.4 is 5.73 Å². The third kappa shape index (κ3) is 2.32. The van der Waals surface area contributed by atoms with Gasteiger partial charge in [0.15, 0.2) is 0 Å². The Morgan fingerprint density at radius 1 is 0.933 bits per heavy atom. The summed E-state index contributed by atoms with van der Waals surface area (Å²) in [6, 6.07) is 7.38. The largest absolute Gasteiger partial charge is 0.508 e. The van der Waals surface area contributed by atoms with E-state index in [0.717, 1.165) is 12.8 Å². The second-order valence-corrected chi connectivity index (χ2v) is 4.62. The van der Waals surface area contributed by atoms with E-state index >= 15 is 0 Å². The smallest absolute Gasteiger partial charge is 0.115 e. The molecule has 82 valence electrons. The summed E-state index contributed by atoms with van der Waals surface area (Å²) in [4.78, 5) is 0. The van der Waals surface area contributed by atoms with Crippen molar-refractivity contribution >= 4 is 0 Å². The van der Waals surface area contributed by atoms with Gasteiger partial charge in [0.25, 0.3) is 0 Å². The first kappa shape index (κ1) is 10.5. The van der Waals surface area contributed by atoms with Gasteiger partial charge in [0.2, 0.25) is 0 Å². The Morgan fingerprint density at radius 3 is 2.00 bits per heavy atom. The summed E-state index contributed by atoms with van der Waals surface area (Å²) in [5.41, 5.74) is 7.46. The first-order valence-electron chi connectivity index (χ1n) is 5.79. The standard InChI is InChI=1S/C13H19NO/c14-13(9-3-1-2-4-10-13)11-5-7-12(15)8-6-11/h5-8,15H,1-4,9-10,14H2. The number of rotatable bonds is 1. The highest BCUT2D eigenvalue weighted by atomic mass is 16.3. The van der Waals surface area contributed by atoms with Crippen molar-refractivity contribution in [3.8, 4) is 5.75 Å². The van der Waals surface area contributed by atoms with E-state index in [0.29, 0.717) is 5.75 Å². The number of aromatic hydroxyl groups is 1. The topological polar surface area (TPSA) is 46.2 Å². The van der Waals surface area contributed by atoms with Crippen LogP contribution in [0.5, 0.6) is 5.75 Å². The molecule has 0 spiro atoms. The summed E-state index contributed by atoms with van der Waals surface area (Å²) >= 11 is 0. The lowest BCUT2D eigenvalue weighted by Gasteiger charge is -2.28. The van der Waals surface area contributed by atoms with Crippen LogP contribution in [0.1, 0.15) is 44.1 Å². The van der Waals surface area contributed by atoms with Crippen molar-refractivity contribution < 1.29 is 5.11 Å². The lowest BCUT2D eigenvalue weighted by Crippen LogP contribution is -2.35. The molecule has 3 N–H and O–H groups in total. The van der Waals surface area contributed by atoms with E-state index in [-0.39, 0.29) is 5.54 Å². The Balaban J connectivity index is 2.22. The summed E-state index contributed by atoms with van der Waals surface area (Å²) in [7, 11) is 0. The van der Waals surface area contributed by atoms with Crippen LogP contribution in [-0.2, 0) is 5.54 Å². The van der Waals surface area contributed by atoms with Gasteiger partial charge >= 0.3 is 0 Å². The van der Waals surface area contributed by atoms with Gasteiger partial charge in [-0.15, -0.1) is 0 Å². The highest BCUT2D eigenvalue weighted by Crippen LogP contribution is 2.34. The average molecular weight is 205 g/mol. The molecule has 0 heterocycles. The van der Waals surface area contributed by atoms with Gasteiger partial charge in [-0.05, 0) is 30.5 Å². The van der Waals surface area contributed by atoms with Crippen LogP contribution >= 0.6 is 0 Å². The van der Waals surface area contributed by atoms with E-state index < -0.39 is 0 Å². The van der Waals surface area contributed by atoms with Crippen LogP contribution in [0.25, 0.3) is 0 Å². The minimum atomic E-state index is -0.162. The van der Waals surface area contributed by atoms with Crippen molar-refractivity contribution in [1.82, 2.24) is 0 Å². The zero-order valence-electron chi connectivity index (χ0n) is 9.08. The van der Waals surface area contributed by atoms with E-state index in [1.807, 2.05) is 12.1 Å². The molecule has 15 heavy (non-hydrogen) atoms. The number of benzene rings is 1. The molecule has 1 aromatic carbocycles. The highest BCUT2D eigenvalue weighted by Gasteiger charge is 2.27. The summed E-state index contributed by atoms with van der Waals surface area (Å²) in [6.45, 7) is 0. The summed E-state index contributed by atoms with van der Waals surface area (Å²) < 4.78 is 0. The Hall–Kier alpha value is -1.02. The maximum Gasteiger partial charge on any atom is 0.115 e. The van der Waals surface area contributed by atoms with Crippen molar-refractivity contribution in [3.05, 3.63) is 29.8 Å². The number of phenolic OH excluding ortho intramolecular Hbond substituents is 1. The SMILES string of the molecule is NC1(c2ccc(O)cc2)CCCCCC1. The highest BCUT2D eigenvalue weighted by molar-refractivity contribution is 5.30. The van der Waals surface area contributed by atoms with Crippen LogP contribution in [0.4, 0.5) is 0 Å². The molecule has 0 bridgehead atoms. The summed E-state index contributed by atoms with van der Waals surface area (Å²) in [5.74, 6) is 0.316. The van der Waals surface area contributed by atoms with Crippen LogP contribution in [0.15, 0.2) is 24.3 Å². The molecule has 1 aliphatic carbocycles. The molecule has 1 aliphatic rings. The van der Waals surface area contributed by atoms with Gasteiger partial charge in [-0.25, -0.2) is 0 Å². The van der Waals surface area contributed by atoms with Crippen molar-refractivity contribution in [2.45, 2.75) is 44.1 Å². The fraction of sp³-hybridized carbons (Fsp3) is 0.538. The molecule has 0 unspecified atom stereocenters. The van der Waals surface area contributed by atoms with E-state index in [2.05, 4.69) is 0 Å². The molecule has 2 heteroatoms. The molecule has 2 nitrogen and oxygen atoms in total. The zero-order chi connectivity index (χ0) is 10.7. The molecule has 0 radical (unpaired) electrons. The summed E-state index contributed by atoms with van der Waals surface area (Å²) in [5, 5.41) is 9.25. The predicted molar refractivity (Wildman–Crippen MR) is 61.7 cm³/mol. The molecule has 1 saturated carbocycles. The lowest BCUT2D eigenvalue weighted by molar-refractivity contribution is 0.384. The Labute approximate surface area is 91.1 Å². The molecule has 0 saturated heterocycles. The van der Waals surface area contributed by atoms with Crippen LogP contribution in [-0.4, -0.2) is 5.11 Å². The number of phenols is 1. The summed E-state index contributed by atoms with van der Waals surface area (Å²) in [6.07, 6.45) is 7.18. The molecule has 0 amide bonds. The van der Waals surface area contributed by atoms with Gasteiger partial charge in [-0.3, -0.25) is 0 Å². The van der Waals surface area contributed by atoms with Crippen molar-refractivity contribution in [2.24, 2.45) is 5.73 Å². The normalized spacial score (nSPS) is 20.9. The molecule has 0 aliphatic heterocycles. The Kier molecular flexibility index (Phi) is 2.96. The minimum absolute atomic E-state index is 0.162. The first-order valence-corrected chi connectivity index (χ1v) is 5.79. The third-order valence-electron chi connectivity index (χ3n) is 3.44. The predicted octanol–water partition coefficient (Wildman–Crippen LogP) is 2.90. The van der Waals surface area contributed by atoms with E-state index in [1.54, 1.807) is 12.1 Å². The van der Waals surface area contributed by atoms with Crippen LogP contribution in [0, 0.1) is 0 Å². The zero-order valence-corrected chi connectivity index (χ0v) is 9.08.